The molecule has 0 amide bonds. The second-order valence-corrected chi connectivity index (χ2v) is 6.54. The molecule has 2 rings (SSSR count). The monoisotopic (exact) mass is 277 g/mol. The fraction of sp³-hybridized carbons (Fsp3) is 0.333. The Kier molecular flexibility index (Phi) is 4.22. The minimum atomic E-state index is -3.37. The van der Waals surface area contributed by atoms with Gasteiger partial charge in [-0.15, -0.1) is 0 Å². The normalized spacial score (nSPS) is 23.5. The molecule has 1 aromatic carbocycles. The van der Waals surface area contributed by atoms with E-state index in [2.05, 4.69) is 6.08 Å². The maximum absolute atomic E-state index is 12.5. The van der Waals surface area contributed by atoms with Crippen molar-refractivity contribution in [3.8, 4) is 0 Å². The average molecular weight is 277 g/mol. The minimum absolute atomic E-state index is 0.202. The summed E-state index contributed by atoms with van der Waals surface area (Å²) in [5.41, 5.74) is 1.16. The Bertz CT molecular complexity index is 588. The molecule has 1 saturated heterocycles. The van der Waals surface area contributed by atoms with Gasteiger partial charge in [0.05, 0.1) is 4.90 Å². The highest BCUT2D eigenvalue weighted by Crippen LogP contribution is 2.28. The van der Waals surface area contributed by atoms with Gasteiger partial charge in [0.25, 0.3) is 0 Å². The maximum Gasteiger partial charge on any atom is 0.243 e. The zero-order chi connectivity index (χ0) is 13.9. The first-order chi connectivity index (χ1) is 9.09. The Hall–Kier alpha value is -1.39. The third-order valence-electron chi connectivity index (χ3n) is 3.41. The zero-order valence-electron chi connectivity index (χ0n) is 11.3. The maximum atomic E-state index is 12.5. The van der Waals surface area contributed by atoms with E-state index in [1.807, 2.05) is 32.1 Å². The lowest BCUT2D eigenvalue weighted by Crippen LogP contribution is -2.28. The largest absolute Gasteiger partial charge is 0.243 e. The molecule has 0 bridgehead atoms. The molecule has 0 N–H and O–H groups in total. The quantitative estimate of drug-likeness (QED) is 0.797. The smallest absolute Gasteiger partial charge is 0.207 e. The lowest BCUT2D eigenvalue weighted by Gasteiger charge is -2.15. The summed E-state index contributed by atoms with van der Waals surface area (Å²) in [6.45, 7) is 4.94. The standard InChI is InChI=1S/C15H19NO2S/c1-3-8-14-12-16(11-13(14)4-2)19(17,18)15-9-6-5-7-10-15/h3-10,14H,11-12H2,1-2H3/b8-3+,13-4-. The summed E-state index contributed by atoms with van der Waals surface area (Å²) in [5.74, 6) is 0.202. The first-order valence-corrected chi connectivity index (χ1v) is 7.86. The average Bonchev–Trinajstić information content (AvgIpc) is 2.84. The summed E-state index contributed by atoms with van der Waals surface area (Å²) in [6, 6.07) is 8.62. The van der Waals surface area contributed by atoms with Crippen molar-refractivity contribution in [1.82, 2.24) is 4.31 Å². The number of hydrogen-bond donors (Lipinski definition) is 0. The van der Waals surface area contributed by atoms with Crippen molar-refractivity contribution in [1.29, 1.82) is 0 Å². The van der Waals surface area contributed by atoms with E-state index >= 15 is 0 Å². The van der Waals surface area contributed by atoms with Gasteiger partial charge < -0.3 is 0 Å². The van der Waals surface area contributed by atoms with Crippen LogP contribution in [0.1, 0.15) is 13.8 Å². The highest BCUT2D eigenvalue weighted by molar-refractivity contribution is 7.89. The van der Waals surface area contributed by atoms with Gasteiger partial charge in [0.2, 0.25) is 10.0 Å². The Balaban J connectivity index is 2.30. The Labute approximate surface area is 115 Å². The van der Waals surface area contributed by atoms with Gasteiger partial charge in [-0.1, -0.05) is 42.0 Å². The van der Waals surface area contributed by atoms with Crippen LogP contribution in [0.3, 0.4) is 0 Å². The third kappa shape index (κ3) is 2.80. The van der Waals surface area contributed by atoms with Crippen molar-refractivity contribution in [2.45, 2.75) is 18.7 Å². The molecule has 4 heteroatoms. The Morgan fingerprint density at radius 3 is 2.47 bits per heavy atom. The van der Waals surface area contributed by atoms with Gasteiger partial charge in [-0.2, -0.15) is 4.31 Å². The fourth-order valence-electron chi connectivity index (χ4n) is 2.37. The van der Waals surface area contributed by atoms with E-state index in [1.165, 1.54) is 0 Å². The Morgan fingerprint density at radius 2 is 1.89 bits per heavy atom. The molecule has 1 fully saturated rings. The van der Waals surface area contributed by atoms with Gasteiger partial charge in [0, 0.05) is 19.0 Å². The van der Waals surface area contributed by atoms with E-state index in [4.69, 9.17) is 0 Å². The van der Waals surface area contributed by atoms with Gasteiger partial charge in [0.1, 0.15) is 0 Å². The van der Waals surface area contributed by atoms with Crippen LogP contribution < -0.4 is 0 Å². The van der Waals surface area contributed by atoms with Gasteiger partial charge in [-0.25, -0.2) is 8.42 Å². The first kappa shape index (κ1) is 14.0. The topological polar surface area (TPSA) is 37.4 Å². The van der Waals surface area contributed by atoms with Crippen LogP contribution in [0.4, 0.5) is 0 Å². The van der Waals surface area contributed by atoms with Crippen LogP contribution in [0, 0.1) is 5.92 Å². The molecule has 0 spiro atoms. The zero-order valence-corrected chi connectivity index (χ0v) is 12.1. The molecule has 0 aliphatic carbocycles. The molecule has 1 unspecified atom stereocenters. The predicted octanol–water partition coefficient (Wildman–Crippen LogP) is 2.83. The summed E-state index contributed by atoms with van der Waals surface area (Å²) >= 11 is 0. The van der Waals surface area contributed by atoms with E-state index in [1.54, 1.807) is 28.6 Å². The van der Waals surface area contributed by atoms with E-state index in [9.17, 15) is 8.42 Å². The lowest BCUT2D eigenvalue weighted by atomic mass is 10.0. The molecule has 1 aromatic rings. The molecule has 1 atom stereocenters. The van der Waals surface area contributed by atoms with Crippen molar-refractivity contribution in [2.75, 3.05) is 13.1 Å². The van der Waals surface area contributed by atoms with E-state index in [0.29, 0.717) is 18.0 Å². The summed E-state index contributed by atoms with van der Waals surface area (Å²) in [6.07, 6.45) is 6.06. The van der Waals surface area contributed by atoms with Crippen LogP contribution in [0.15, 0.2) is 59.0 Å². The summed E-state index contributed by atoms with van der Waals surface area (Å²) in [4.78, 5) is 0.367. The van der Waals surface area contributed by atoms with E-state index in [-0.39, 0.29) is 5.92 Å². The molecule has 19 heavy (non-hydrogen) atoms. The second kappa shape index (κ2) is 5.72. The number of allylic oxidation sites excluding steroid dienone is 2. The highest BCUT2D eigenvalue weighted by Gasteiger charge is 2.33. The molecule has 1 aliphatic heterocycles. The van der Waals surface area contributed by atoms with Crippen LogP contribution in [0.2, 0.25) is 0 Å². The molecule has 0 aromatic heterocycles. The van der Waals surface area contributed by atoms with Crippen molar-refractivity contribution in [2.24, 2.45) is 5.92 Å². The molecule has 0 radical (unpaired) electrons. The molecular formula is C15H19NO2S. The molecule has 3 nitrogen and oxygen atoms in total. The number of hydrogen-bond acceptors (Lipinski definition) is 2. The highest BCUT2D eigenvalue weighted by atomic mass is 32.2. The lowest BCUT2D eigenvalue weighted by molar-refractivity contribution is 0.471. The number of rotatable bonds is 3. The SMILES string of the molecule is C/C=C/C1CN(S(=O)(=O)c2ccccc2)C/C1=C/C. The van der Waals surface area contributed by atoms with Crippen molar-refractivity contribution in [3.63, 3.8) is 0 Å². The first-order valence-electron chi connectivity index (χ1n) is 6.42. The van der Waals surface area contributed by atoms with Crippen LogP contribution in [-0.4, -0.2) is 25.8 Å². The number of benzene rings is 1. The predicted molar refractivity (Wildman–Crippen MR) is 77.3 cm³/mol. The van der Waals surface area contributed by atoms with Crippen LogP contribution in [0.5, 0.6) is 0 Å². The summed E-state index contributed by atoms with van der Waals surface area (Å²) < 4.78 is 26.6. The number of sulfonamides is 1. The van der Waals surface area contributed by atoms with E-state index in [0.717, 1.165) is 5.57 Å². The van der Waals surface area contributed by atoms with Gasteiger partial charge in [-0.05, 0) is 26.0 Å². The number of nitrogens with zero attached hydrogens (tertiary/aromatic N) is 1. The van der Waals surface area contributed by atoms with Crippen molar-refractivity contribution < 1.29 is 8.42 Å². The molecule has 1 heterocycles. The second-order valence-electron chi connectivity index (χ2n) is 4.61. The van der Waals surface area contributed by atoms with Crippen LogP contribution >= 0.6 is 0 Å². The van der Waals surface area contributed by atoms with Crippen LogP contribution in [-0.2, 0) is 10.0 Å². The van der Waals surface area contributed by atoms with Crippen molar-refractivity contribution >= 4 is 10.0 Å². The van der Waals surface area contributed by atoms with E-state index < -0.39 is 10.0 Å². The van der Waals surface area contributed by atoms with Crippen molar-refractivity contribution in [3.05, 3.63) is 54.1 Å². The molecule has 102 valence electrons. The molecule has 0 saturated carbocycles. The third-order valence-corrected chi connectivity index (χ3v) is 5.24. The molecule has 1 aliphatic rings. The van der Waals surface area contributed by atoms with Crippen LogP contribution in [0.25, 0.3) is 0 Å². The minimum Gasteiger partial charge on any atom is -0.207 e. The van der Waals surface area contributed by atoms with Gasteiger partial charge in [0.15, 0.2) is 0 Å². The summed E-state index contributed by atoms with van der Waals surface area (Å²) in [7, 11) is -3.37. The summed E-state index contributed by atoms with van der Waals surface area (Å²) in [5, 5.41) is 0. The van der Waals surface area contributed by atoms with Gasteiger partial charge >= 0.3 is 0 Å². The fourth-order valence-corrected chi connectivity index (χ4v) is 3.84. The Morgan fingerprint density at radius 1 is 1.21 bits per heavy atom. The molecular weight excluding hydrogens is 258 g/mol. The van der Waals surface area contributed by atoms with Gasteiger partial charge in [-0.3, -0.25) is 0 Å².